The van der Waals surface area contributed by atoms with Gasteiger partial charge in [0.15, 0.2) is 16.7 Å². The lowest BCUT2D eigenvalue weighted by Gasteiger charge is -2.07. The van der Waals surface area contributed by atoms with Crippen molar-refractivity contribution < 1.29 is 8.91 Å². The van der Waals surface area contributed by atoms with Crippen LogP contribution in [0.25, 0.3) is 22.0 Å². The standard InChI is InChI=1S/C20H17FN4OS2/c1-12-16(24-26-18(12)13-4-6-14(21)7-5-13)11-28-20-23-22-19(17-3-2-10-27-17)25(20)15-8-9-15/h2-7,10,15H,8-9,11H2,1H3. The van der Waals surface area contributed by atoms with E-state index in [9.17, 15) is 4.39 Å². The Labute approximate surface area is 169 Å². The molecule has 1 aliphatic carbocycles. The number of hydrogen-bond acceptors (Lipinski definition) is 6. The van der Waals surface area contributed by atoms with E-state index in [0.717, 1.165) is 32.7 Å². The summed E-state index contributed by atoms with van der Waals surface area (Å²) < 4.78 is 21.0. The van der Waals surface area contributed by atoms with Gasteiger partial charge in [-0.15, -0.1) is 21.5 Å². The number of hydrogen-bond donors (Lipinski definition) is 0. The third kappa shape index (κ3) is 3.27. The van der Waals surface area contributed by atoms with Crippen LogP contribution in [0, 0.1) is 12.7 Å². The Kier molecular flexibility index (Phi) is 4.52. The number of benzene rings is 1. The highest BCUT2D eigenvalue weighted by Crippen LogP contribution is 2.42. The summed E-state index contributed by atoms with van der Waals surface area (Å²) in [6, 6.07) is 10.9. The fourth-order valence-corrected chi connectivity index (χ4v) is 4.83. The van der Waals surface area contributed by atoms with Crippen molar-refractivity contribution in [1.82, 2.24) is 19.9 Å². The van der Waals surface area contributed by atoms with E-state index in [1.807, 2.05) is 13.0 Å². The molecule has 5 rings (SSSR count). The Morgan fingerprint density at radius 1 is 1.21 bits per heavy atom. The SMILES string of the molecule is Cc1c(CSc2nnc(-c3cccs3)n2C2CC2)noc1-c1ccc(F)cc1. The van der Waals surface area contributed by atoms with Crippen molar-refractivity contribution in [3.05, 3.63) is 58.9 Å². The van der Waals surface area contributed by atoms with E-state index < -0.39 is 0 Å². The Morgan fingerprint density at radius 3 is 2.75 bits per heavy atom. The molecule has 0 radical (unpaired) electrons. The molecule has 5 nitrogen and oxygen atoms in total. The number of aromatic nitrogens is 4. The van der Waals surface area contributed by atoms with Gasteiger partial charge in [-0.2, -0.15) is 0 Å². The monoisotopic (exact) mass is 412 g/mol. The van der Waals surface area contributed by atoms with Crippen molar-refractivity contribution in [2.45, 2.75) is 36.7 Å². The first-order valence-corrected chi connectivity index (χ1v) is 10.9. The predicted molar refractivity (Wildman–Crippen MR) is 108 cm³/mol. The average Bonchev–Trinajstić information content (AvgIpc) is 3.08. The van der Waals surface area contributed by atoms with Gasteiger partial charge in [-0.05, 0) is 55.5 Å². The largest absolute Gasteiger partial charge is 0.356 e. The zero-order valence-electron chi connectivity index (χ0n) is 15.1. The first kappa shape index (κ1) is 17.6. The topological polar surface area (TPSA) is 56.7 Å². The van der Waals surface area contributed by atoms with E-state index in [-0.39, 0.29) is 5.82 Å². The molecule has 1 aliphatic rings. The number of thiophene rings is 1. The summed E-state index contributed by atoms with van der Waals surface area (Å²) in [4.78, 5) is 1.14. The van der Waals surface area contributed by atoms with E-state index in [4.69, 9.17) is 4.52 Å². The molecule has 3 aromatic heterocycles. The lowest BCUT2D eigenvalue weighted by atomic mass is 10.1. The molecule has 0 N–H and O–H groups in total. The van der Waals surface area contributed by atoms with Gasteiger partial charge >= 0.3 is 0 Å². The van der Waals surface area contributed by atoms with Crippen LogP contribution in [-0.2, 0) is 5.75 Å². The molecule has 0 unspecified atom stereocenters. The molecule has 8 heteroatoms. The third-order valence-electron chi connectivity index (χ3n) is 4.78. The van der Waals surface area contributed by atoms with Gasteiger partial charge in [0.1, 0.15) is 5.82 Å². The summed E-state index contributed by atoms with van der Waals surface area (Å²) in [7, 11) is 0. The van der Waals surface area contributed by atoms with Crippen LogP contribution in [0.2, 0.25) is 0 Å². The molecule has 1 saturated carbocycles. The molecule has 28 heavy (non-hydrogen) atoms. The van der Waals surface area contributed by atoms with Gasteiger partial charge in [0, 0.05) is 22.9 Å². The smallest absolute Gasteiger partial charge is 0.192 e. The molecule has 3 heterocycles. The van der Waals surface area contributed by atoms with Crippen LogP contribution in [0.5, 0.6) is 0 Å². The van der Waals surface area contributed by atoms with Crippen LogP contribution in [0.1, 0.15) is 30.1 Å². The van der Waals surface area contributed by atoms with E-state index in [1.54, 1.807) is 35.2 Å². The molecule has 4 aromatic rings. The molecule has 1 aromatic carbocycles. The maximum absolute atomic E-state index is 13.2. The average molecular weight is 413 g/mol. The quantitative estimate of drug-likeness (QED) is 0.378. The fraction of sp³-hybridized carbons (Fsp3) is 0.250. The van der Waals surface area contributed by atoms with Gasteiger partial charge in [-0.25, -0.2) is 4.39 Å². The van der Waals surface area contributed by atoms with Crippen LogP contribution >= 0.6 is 23.1 Å². The van der Waals surface area contributed by atoms with Gasteiger partial charge in [-0.3, -0.25) is 4.57 Å². The molecule has 0 aliphatic heterocycles. The van der Waals surface area contributed by atoms with Crippen LogP contribution in [0.3, 0.4) is 0 Å². The molecular formula is C20H17FN4OS2. The zero-order chi connectivity index (χ0) is 19.1. The Balaban J connectivity index is 1.38. The van der Waals surface area contributed by atoms with E-state index in [1.165, 1.54) is 25.0 Å². The molecule has 0 atom stereocenters. The minimum atomic E-state index is -0.266. The number of thioether (sulfide) groups is 1. The normalized spacial score (nSPS) is 13.9. The fourth-order valence-electron chi connectivity index (χ4n) is 3.12. The Bertz CT molecular complexity index is 1100. The van der Waals surface area contributed by atoms with E-state index in [2.05, 4.69) is 31.4 Å². The van der Waals surface area contributed by atoms with Gasteiger partial charge in [0.2, 0.25) is 0 Å². The summed E-state index contributed by atoms with van der Waals surface area (Å²) in [6.45, 7) is 1.98. The second kappa shape index (κ2) is 7.18. The van der Waals surface area contributed by atoms with E-state index >= 15 is 0 Å². The van der Waals surface area contributed by atoms with Crippen molar-refractivity contribution in [1.29, 1.82) is 0 Å². The number of rotatable bonds is 6. The van der Waals surface area contributed by atoms with Gasteiger partial charge in [0.05, 0.1) is 10.6 Å². The summed E-state index contributed by atoms with van der Waals surface area (Å²) in [5, 5.41) is 16.1. The van der Waals surface area contributed by atoms with Gasteiger partial charge in [-0.1, -0.05) is 23.0 Å². The van der Waals surface area contributed by atoms with Crippen molar-refractivity contribution in [3.63, 3.8) is 0 Å². The molecule has 0 bridgehead atoms. The molecule has 142 valence electrons. The second-order valence-electron chi connectivity index (χ2n) is 6.76. The van der Waals surface area contributed by atoms with Crippen LogP contribution in [0.4, 0.5) is 4.39 Å². The third-order valence-corrected chi connectivity index (χ3v) is 6.60. The lowest BCUT2D eigenvalue weighted by molar-refractivity contribution is 0.426. The van der Waals surface area contributed by atoms with Crippen LogP contribution in [0.15, 0.2) is 51.5 Å². The van der Waals surface area contributed by atoms with Gasteiger partial charge in [0.25, 0.3) is 0 Å². The highest BCUT2D eigenvalue weighted by atomic mass is 32.2. The van der Waals surface area contributed by atoms with Crippen molar-refractivity contribution in [3.8, 4) is 22.0 Å². The summed E-state index contributed by atoms with van der Waals surface area (Å²) in [5.74, 6) is 2.01. The summed E-state index contributed by atoms with van der Waals surface area (Å²) in [5.41, 5.74) is 2.66. The maximum atomic E-state index is 13.2. The highest BCUT2D eigenvalue weighted by Gasteiger charge is 2.30. The Hall–Kier alpha value is -2.45. The number of nitrogens with zero attached hydrogens (tertiary/aromatic N) is 4. The minimum Gasteiger partial charge on any atom is -0.356 e. The van der Waals surface area contributed by atoms with E-state index in [0.29, 0.717) is 17.6 Å². The zero-order valence-corrected chi connectivity index (χ0v) is 16.8. The molecule has 1 fully saturated rings. The highest BCUT2D eigenvalue weighted by molar-refractivity contribution is 7.98. The minimum absolute atomic E-state index is 0.266. The Morgan fingerprint density at radius 2 is 2.04 bits per heavy atom. The van der Waals surface area contributed by atoms with Gasteiger partial charge < -0.3 is 4.52 Å². The molecular weight excluding hydrogens is 395 g/mol. The first-order chi connectivity index (χ1) is 13.7. The second-order valence-corrected chi connectivity index (χ2v) is 8.65. The van der Waals surface area contributed by atoms with Crippen LogP contribution < -0.4 is 0 Å². The van der Waals surface area contributed by atoms with Crippen molar-refractivity contribution in [2.75, 3.05) is 0 Å². The van der Waals surface area contributed by atoms with Crippen molar-refractivity contribution in [2.24, 2.45) is 0 Å². The molecule has 0 saturated heterocycles. The van der Waals surface area contributed by atoms with Crippen LogP contribution in [-0.4, -0.2) is 19.9 Å². The van der Waals surface area contributed by atoms with Crippen molar-refractivity contribution >= 4 is 23.1 Å². The predicted octanol–water partition coefficient (Wildman–Crippen LogP) is 5.74. The maximum Gasteiger partial charge on any atom is 0.192 e. The number of halogens is 1. The molecule has 0 spiro atoms. The summed E-state index contributed by atoms with van der Waals surface area (Å²) >= 11 is 3.30. The molecule has 0 amide bonds. The first-order valence-electron chi connectivity index (χ1n) is 9.03. The summed E-state index contributed by atoms with van der Waals surface area (Å²) in [6.07, 6.45) is 2.34. The lowest BCUT2D eigenvalue weighted by Crippen LogP contribution is -1.99.